The summed E-state index contributed by atoms with van der Waals surface area (Å²) in [5.41, 5.74) is 0. The van der Waals surface area contributed by atoms with Crippen molar-refractivity contribution in [3.05, 3.63) is 0 Å². The Bertz CT molecular complexity index is 129. The highest BCUT2D eigenvalue weighted by atomic mass is 31.2. The molecule has 0 saturated carbocycles. The Morgan fingerprint density at radius 3 is 3.20 bits per heavy atom. The van der Waals surface area contributed by atoms with Crippen molar-refractivity contribution >= 4 is 8.30 Å². The second kappa shape index (κ2) is 2.77. The van der Waals surface area contributed by atoms with Gasteiger partial charge < -0.3 is 4.52 Å². The Morgan fingerprint density at radius 1 is 1.50 bits per heavy atom. The summed E-state index contributed by atoms with van der Waals surface area (Å²) in [5, 5.41) is 0. The first kappa shape index (κ1) is 7.02. The number of nitrogens with zero attached hydrogens (tertiary/aromatic N) is 1. The molecule has 0 spiro atoms. The third-order valence-electron chi connectivity index (χ3n) is 2.41. The summed E-state index contributed by atoms with van der Waals surface area (Å²) >= 11 is 0. The highest BCUT2D eigenvalue weighted by Crippen LogP contribution is 2.47. The van der Waals surface area contributed by atoms with Crippen molar-refractivity contribution in [2.45, 2.75) is 25.3 Å². The quantitative estimate of drug-likeness (QED) is 0.500. The molecule has 2 aliphatic heterocycles. The van der Waals surface area contributed by atoms with Crippen molar-refractivity contribution in [1.29, 1.82) is 0 Å². The molecule has 0 bridgehead atoms. The zero-order valence-electron chi connectivity index (χ0n) is 6.42. The van der Waals surface area contributed by atoms with Gasteiger partial charge in [0.2, 0.25) is 0 Å². The van der Waals surface area contributed by atoms with E-state index in [1.165, 1.54) is 25.8 Å². The summed E-state index contributed by atoms with van der Waals surface area (Å²) < 4.78 is 8.14. The maximum Gasteiger partial charge on any atom is 0.101 e. The zero-order valence-corrected chi connectivity index (χ0v) is 7.31. The van der Waals surface area contributed by atoms with Gasteiger partial charge in [0, 0.05) is 12.6 Å². The maximum atomic E-state index is 5.59. The van der Waals surface area contributed by atoms with Gasteiger partial charge in [-0.15, -0.1) is 0 Å². The molecule has 0 N–H and O–H groups in total. The molecule has 0 aromatic carbocycles. The Morgan fingerprint density at radius 2 is 2.40 bits per heavy atom. The molecule has 58 valence electrons. The normalized spacial score (nSPS) is 41.7. The van der Waals surface area contributed by atoms with E-state index in [4.69, 9.17) is 4.52 Å². The number of rotatable bonds is 0. The molecule has 2 aliphatic rings. The summed E-state index contributed by atoms with van der Waals surface area (Å²) in [6.07, 6.45) is 4.16. The molecule has 2 saturated heterocycles. The fourth-order valence-corrected chi connectivity index (χ4v) is 3.39. The fraction of sp³-hybridized carbons (Fsp3) is 1.00. The smallest absolute Gasteiger partial charge is 0.101 e. The molecule has 10 heavy (non-hydrogen) atoms. The van der Waals surface area contributed by atoms with Gasteiger partial charge in [0.1, 0.15) is 8.30 Å². The van der Waals surface area contributed by atoms with Crippen LogP contribution in [0.5, 0.6) is 0 Å². The molecule has 2 fully saturated rings. The lowest BCUT2D eigenvalue weighted by molar-refractivity contribution is 0.257. The van der Waals surface area contributed by atoms with Gasteiger partial charge in [0.05, 0.1) is 6.61 Å². The molecule has 3 heteroatoms. The van der Waals surface area contributed by atoms with E-state index in [0.717, 1.165) is 12.6 Å². The summed E-state index contributed by atoms with van der Waals surface area (Å²) in [7, 11) is -0.189. The molecule has 2 rings (SSSR count). The highest BCUT2D eigenvalue weighted by Gasteiger charge is 2.33. The minimum Gasteiger partial charge on any atom is -0.342 e. The first-order valence-electron chi connectivity index (χ1n) is 4.01. The summed E-state index contributed by atoms with van der Waals surface area (Å²) in [6.45, 7) is 4.51. The van der Waals surface area contributed by atoms with Gasteiger partial charge in [-0.3, -0.25) is 4.67 Å². The summed E-state index contributed by atoms with van der Waals surface area (Å²) in [6, 6.07) is 0.782. The molecule has 2 nitrogen and oxygen atoms in total. The van der Waals surface area contributed by atoms with E-state index in [1.807, 2.05) is 0 Å². The number of fused-ring (bicyclic) bond motifs is 1. The van der Waals surface area contributed by atoms with Crippen LogP contribution in [-0.4, -0.2) is 30.5 Å². The van der Waals surface area contributed by atoms with Crippen molar-refractivity contribution in [3.8, 4) is 0 Å². The molecule has 0 aromatic rings. The lowest BCUT2D eigenvalue weighted by Gasteiger charge is -2.29. The first-order chi connectivity index (χ1) is 4.88. The van der Waals surface area contributed by atoms with Crippen LogP contribution in [0.25, 0.3) is 0 Å². The lowest BCUT2D eigenvalue weighted by Crippen LogP contribution is -2.32. The number of hydrogen-bond acceptors (Lipinski definition) is 2. The molecule has 0 aliphatic carbocycles. The van der Waals surface area contributed by atoms with Gasteiger partial charge in [-0.05, 0) is 19.5 Å². The van der Waals surface area contributed by atoms with Crippen LogP contribution >= 0.6 is 8.30 Å². The molecule has 2 unspecified atom stereocenters. The van der Waals surface area contributed by atoms with E-state index < -0.39 is 0 Å². The van der Waals surface area contributed by atoms with Gasteiger partial charge in [-0.1, -0.05) is 6.42 Å². The van der Waals surface area contributed by atoms with Crippen LogP contribution in [0.2, 0.25) is 0 Å². The van der Waals surface area contributed by atoms with Gasteiger partial charge in [0.15, 0.2) is 0 Å². The van der Waals surface area contributed by atoms with E-state index in [-0.39, 0.29) is 8.30 Å². The Hall–Kier alpha value is 0.350. The Kier molecular flexibility index (Phi) is 1.94. The molecule has 0 amide bonds. The monoisotopic (exact) mass is 159 g/mol. The van der Waals surface area contributed by atoms with Crippen molar-refractivity contribution in [2.75, 3.05) is 19.8 Å². The van der Waals surface area contributed by atoms with Crippen molar-refractivity contribution in [3.63, 3.8) is 0 Å². The second-order valence-corrected chi connectivity index (χ2v) is 4.77. The van der Waals surface area contributed by atoms with Gasteiger partial charge in [-0.2, -0.15) is 0 Å². The van der Waals surface area contributed by atoms with Crippen LogP contribution in [-0.2, 0) is 4.52 Å². The van der Waals surface area contributed by atoms with E-state index in [0.29, 0.717) is 0 Å². The van der Waals surface area contributed by atoms with E-state index in [9.17, 15) is 0 Å². The summed E-state index contributed by atoms with van der Waals surface area (Å²) in [4.78, 5) is 0. The van der Waals surface area contributed by atoms with Gasteiger partial charge >= 0.3 is 0 Å². The van der Waals surface area contributed by atoms with Crippen LogP contribution in [0, 0.1) is 0 Å². The van der Waals surface area contributed by atoms with Crippen molar-refractivity contribution in [2.24, 2.45) is 0 Å². The van der Waals surface area contributed by atoms with E-state index >= 15 is 0 Å². The van der Waals surface area contributed by atoms with E-state index in [1.54, 1.807) is 0 Å². The largest absolute Gasteiger partial charge is 0.342 e. The Balaban J connectivity index is 2.01. The third kappa shape index (κ3) is 1.09. The summed E-state index contributed by atoms with van der Waals surface area (Å²) in [5.74, 6) is 0. The molecule has 0 aromatic heterocycles. The molecule has 0 radical (unpaired) electrons. The van der Waals surface area contributed by atoms with Crippen LogP contribution in [0.1, 0.15) is 19.3 Å². The van der Waals surface area contributed by atoms with E-state index in [2.05, 4.69) is 11.3 Å². The number of piperidine rings is 1. The van der Waals surface area contributed by atoms with Crippen LogP contribution in [0.4, 0.5) is 0 Å². The van der Waals surface area contributed by atoms with Crippen LogP contribution < -0.4 is 0 Å². The second-order valence-electron chi connectivity index (χ2n) is 3.07. The predicted molar refractivity (Wildman–Crippen MR) is 43.1 cm³/mol. The standard InChI is InChI=1S/C7H14NOP/c1-10-8-5-3-2-4-7(8)6-9-10/h7H,2-6H2,1H3. The fourth-order valence-electron chi connectivity index (χ4n) is 1.79. The van der Waals surface area contributed by atoms with Gasteiger partial charge in [0.25, 0.3) is 0 Å². The topological polar surface area (TPSA) is 12.5 Å². The number of hydrogen-bond donors (Lipinski definition) is 0. The average molecular weight is 159 g/mol. The lowest BCUT2D eigenvalue weighted by atomic mass is 10.1. The minimum atomic E-state index is -0.189. The van der Waals surface area contributed by atoms with Crippen molar-refractivity contribution < 1.29 is 4.52 Å². The Labute approximate surface area is 63.4 Å². The van der Waals surface area contributed by atoms with Crippen LogP contribution in [0.3, 0.4) is 0 Å². The minimum absolute atomic E-state index is 0.189. The maximum absolute atomic E-state index is 5.59. The first-order valence-corrected chi connectivity index (χ1v) is 5.67. The van der Waals surface area contributed by atoms with Crippen molar-refractivity contribution in [1.82, 2.24) is 4.67 Å². The zero-order chi connectivity index (χ0) is 6.97. The SMILES string of the molecule is CP1OCC2CCCCN21. The third-order valence-corrected chi connectivity index (χ3v) is 4.18. The van der Waals surface area contributed by atoms with Crippen LogP contribution in [0.15, 0.2) is 0 Å². The molecule has 2 heterocycles. The molecular formula is C7H14NOP. The van der Waals surface area contributed by atoms with Gasteiger partial charge in [-0.25, -0.2) is 0 Å². The average Bonchev–Trinajstić information content (AvgIpc) is 2.34. The molecular weight excluding hydrogens is 145 g/mol. The molecule has 2 atom stereocenters. The predicted octanol–water partition coefficient (Wildman–Crippen LogP) is 1.81. The highest BCUT2D eigenvalue weighted by molar-refractivity contribution is 7.49.